The average molecular weight is 234 g/mol. The highest BCUT2D eigenvalue weighted by Gasteiger charge is 2.44. The molecule has 16 heavy (non-hydrogen) atoms. The predicted octanol–water partition coefficient (Wildman–Crippen LogP) is 1.60. The minimum atomic E-state index is -4.72. The summed E-state index contributed by atoms with van der Waals surface area (Å²) in [5, 5.41) is 2.78. The van der Waals surface area contributed by atoms with E-state index in [9.17, 15) is 17.6 Å². The second kappa shape index (κ2) is 3.43. The zero-order valence-corrected chi connectivity index (χ0v) is 8.24. The lowest BCUT2D eigenvalue weighted by atomic mass is 9.82. The van der Waals surface area contributed by atoms with Crippen molar-refractivity contribution in [1.29, 1.82) is 0 Å². The van der Waals surface area contributed by atoms with Gasteiger partial charge in [-0.05, 0) is 11.6 Å². The van der Waals surface area contributed by atoms with Gasteiger partial charge in [0, 0.05) is 13.1 Å². The van der Waals surface area contributed by atoms with Crippen molar-refractivity contribution in [3.05, 3.63) is 35.1 Å². The summed E-state index contributed by atoms with van der Waals surface area (Å²) in [7, 11) is 0. The van der Waals surface area contributed by atoms with Gasteiger partial charge in [-0.25, -0.2) is 4.39 Å². The van der Waals surface area contributed by atoms with Crippen LogP contribution in [0.5, 0.6) is 0 Å². The molecule has 0 radical (unpaired) electrons. The third-order valence-corrected chi connectivity index (χ3v) is 2.71. The fourth-order valence-electron chi connectivity index (χ4n) is 1.81. The lowest BCUT2D eigenvalue weighted by Gasteiger charge is -2.40. The van der Waals surface area contributed by atoms with E-state index in [1.807, 2.05) is 0 Å². The first kappa shape index (κ1) is 11.3. The molecule has 2 rings (SSSR count). The van der Waals surface area contributed by atoms with E-state index in [2.05, 4.69) is 5.32 Å². The summed E-state index contributed by atoms with van der Waals surface area (Å²) < 4.78 is 51.3. The zero-order valence-electron chi connectivity index (χ0n) is 8.24. The van der Waals surface area contributed by atoms with Crippen molar-refractivity contribution in [2.45, 2.75) is 11.7 Å². The number of hydrogen-bond donors (Lipinski definition) is 2. The molecule has 6 heteroatoms. The van der Waals surface area contributed by atoms with Gasteiger partial charge in [-0.3, -0.25) is 0 Å². The van der Waals surface area contributed by atoms with Crippen molar-refractivity contribution in [2.24, 2.45) is 5.73 Å². The van der Waals surface area contributed by atoms with E-state index >= 15 is 0 Å². The highest BCUT2D eigenvalue weighted by atomic mass is 19.4. The molecule has 0 unspecified atom stereocenters. The quantitative estimate of drug-likeness (QED) is 0.724. The van der Waals surface area contributed by atoms with Gasteiger partial charge in [-0.1, -0.05) is 12.1 Å². The molecular weight excluding hydrogens is 224 g/mol. The van der Waals surface area contributed by atoms with Crippen LogP contribution in [-0.2, 0) is 11.7 Å². The Balaban J connectivity index is 2.57. The van der Waals surface area contributed by atoms with Crippen molar-refractivity contribution < 1.29 is 17.6 Å². The maximum atomic E-state index is 13.2. The van der Waals surface area contributed by atoms with Crippen LogP contribution < -0.4 is 11.1 Å². The number of rotatable bonds is 1. The van der Waals surface area contributed by atoms with E-state index in [0.29, 0.717) is 0 Å². The first-order chi connectivity index (χ1) is 7.34. The van der Waals surface area contributed by atoms with Crippen LogP contribution in [0.25, 0.3) is 0 Å². The smallest absolute Gasteiger partial charge is 0.319 e. The lowest BCUT2D eigenvalue weighted by Crippen LogP contribution is -2.63. The third-order valence-electron chi connectivity index (χ3n) is 2.71. The van der Waals surface area contributed by atoms with Crippen LogP contribution in [0.3, 0.4) is 0 Å². The van der Waals surface area contributed by atoms with E-state index in [0.717, 1.165) is 6.07 Å². The van der Waals surface area contributed by atoms with Crippen LogP contribution in [0.15, 0.2) is 18.2 Å². The molecule has 2 nitrogen and oxygen atoms in total. The number of benzene rings is 1. The maximum absolute atomic E-state index is 13.2. The molecule has 1 heterocycles. The van der Waals surface area contributed by atoms with Gasteiger partial charge < -0.3 is 11.1 Å². The van der Waals surface area contributed by atoms with Gasteiger partial charge in [0.1, 0.15) is 5.82 Å². The first-order valence-corrected chi connectivity index (χ1v) is 4.70. The largest absolute Gasteiger partial charge is 0.419 e. The van der Waals surface area contributed by atoms with Crippen LogP contribution in [0, 0.1) is 5.82 Å². The molecular formula is C10H10F4N2. The van der Waals surface area contributed by atoms with Crippen LogP contribution in [0.4, 0.5) is 17.6 Å². The Morgan fingerprint density at radius 3 is 2.31 bits per heavy atom. The van der Waals surface area contributed by atoms with Crippen molar-refractivity contribution in [1.82, 2.24) is 5.32 Å². The Morgan fingerprint density at radius 1 is 1.25 bits per heavy atom. The molecule has 0 bridgehead atoms. The molecule has 0 aromatic heterocycles. The molecule has 1 aromatic rings. The highest BCUT2D eigenvalue weighted by molar-refractivity contribution is 5.39. The summed E-state index contributed by atoms with van der Waals surface area (Å²) in [6.07, 6.45) is -4.72. The second-order valence-electron chi connectivity index (χ2n) is 3.92. The van der Waals surface area contributed by atoms with Gasteiger partial charge in [-0.15, -0.1) is 0 Å². The number of alkyl halides is 3. The molecule has 0 spiro atoms. The Kier molecular flexibility index (Phi) is 2.43. The molecule has 88 valence electrons. The van der Waals surface area contributed by atoms with Crippen LogP contribution in [0.1, 0.15) is 11.1 Å². The standard InChI is InChI=1S/C10H10F4N2/c11-7-3-1-2-6(8(7)10(12,13)14)9(15)4-16-5-9/h1-3,16H,4-5,15H2. The fraction of sp³-hybridized carbons (Fsp3) is 0.400. The minimum absolute atomic E-state index is 0.182. The molecule has 0 saturated carbocycles. The molecule has 1 fully saturated rings. The third kappa shape index (κ3) is 1.68. The monoisotopic (exact) mass is 234 g/mol. The van der Waals surface area contributed by atoms with E-state index in [1.54, 1.807) is 0 Å². The summed E-state index contributed by atoms with van der Waals surface area (Å²) in [4.78, 5) is 0. The summed E-state index contributed by atoms with van der Waals surface area (Å²) >= 11 is 0. The van der Waals surface area contributed by atoms with Crippen LogP contribution in [0.2, 0.25) is 0 Å². The topological polar surface area (TPSA) is 38.0 Å². The first-order valence-electron chi connectivity index (χ1n) is 4.70. The normalized spacial score (nSPS) is 19.3. The highest BCUT2D eigenvalue weighted by Crippen LogP contribution is 2.38. The minimum Gasteiger partial charge on any atom is -0.319 e. The number of halogens is 4. The van der Waals surface area contributed by atoms with Crippen molar-refractivity contribution >= 4 is 0 Å². The zero-order chi connectivity index (χ0) is 12.0. The fourth-order valence-corrected chi connectivity index (χ4v) is 1.81. The Morgan fingerprint density at radius 2 is 1.88 bits per heavy atom. The predicted molar refractivity (Wildman–Crippen MR) is 50.1 cm³/mol. The summed E-state index contributed by atoms with van der Waals surface area (Å²) in [5.74, 6) is -1.28. The average Bonchev–Trinajstić information content (AvgIpc) is 2.11. The number of nitrogens with two attached hydrogens (primary N) is 1. The summed E-state index contributed by atoms with van der Waals surface area (Å²) in [5.41, 5.74) is 3.21. The Bertz CT molecular complexity index is 410. The van der Waals surface area contributed by atoms with Crippen LogP contribution >= 0.6 is 0 Å². The van der Waals surface area contributed by atoms with Gasteiger partial charge in [-0.2, -0.15) is 13.2 Å². The molecule has 3 N–H and O–H groups in total. The van der Waals surface area contributed by atoms with E-state index in [4.69, 9.17) is 5.73 Å². The van der Waals surface area contributed by atoms with Gasteiger partial charge >= 0.3 is 6.18 Å². The van der Waals surface area contributed by atoms with Crippen molar-refractivity contribution in [3.8, 4) is 0 Å². The molecule has 0 atom stereocenters. The lowest BCUT2D eigenvalue weighted by molar-refractivity contribution is -0.141. The Hall–Kier alpha value is -1.14. The molecule has 1 saturated heterocycles. The number of hydrogen-bond acceptors (Lipinski definition) is 2. The van der Waals surface area contributed by atoms with Crippen molar-refractivity contribution in [3.63, 3.8) is 0 Å². The molecule has 1 aliphatic rings. The van der Waals surface area contributed by atoms with E-state index in [1.165, 1.54) is 12.1 Å². The van der Waals surface area contributed by atoms with E-state index < -0.39 is 23.1 Å². The molecule has 1 aromatic carbocycles. The van der Waals surface area contributed by atoms with Gasteiger partial charge in [0.2, 0.25) is 0 Å². The van der Waals surface area contributed by atoms with E-state index in [-0.39, 0.29) is 18.7 Å². The molecule has 0 aliphatic carbocycles. The Labute approximate surface area is 89.4 Å². The second-order valence-corrected chi connectivity index (χ2v) is 3.92. The molecule has 1 aliphatic heterocycles. The maximum Gasteiger partial charge on any atom is 0.419 e. The summed E-state index contributed by atoms with van der Waals surface area (Å²) in [6, 6.07) is 3.27. The summed E-state index contributed by atoms with van der Waals surface area (Å²) in [6.45, 7) is 0.444. The number of nitrogens with one attached hydrogen (secondary N) is 1. The van der Waals surface area contributed by atoms with Crippen LogP contribution in [-0.4, -0.2) is 13.1 Å². The SMILES string of the molecule is NC1(c2cccc(F)c2C(F)(F)F)CNC1. The van der Waals surface area contributed by atoms with Gasteiger partial charge in [0.05, 0.1) is 11.1 Å². The van der Waals surface area contributed by atoms with Gasteiger partial charge in [0.15, 0.2) is 0 Å². The van der Waals surface area contributed by atoms with Gasteiger partial charge in [0.25, 0.3) is 0 Å². The van der Waals surface area contributed by atoms with Crippen molar-refractivity contribution in [2.75, 3.05) is 13.1 Å². The molecule has 0 amide bonds.